The van der Waals surface area contributed by atoms with Crippen molar-refractivity contribution < 1.29 is 0 Å². The SMILES string of the molecule is CCC1(CC)c2cc(/C=C/c3ccc(-c4cc(-c5ccccc5)ccc4-c4ccnnc4)cc3)ccc2-c2ccc(N(c3ccccc3)c3ccccc3)cc21. The lowest BCUT2D eigenvalue weighted by Gasteiger charge is -2.32. The summed E-state index contributed by atoms with van der Waals surface area (Å²) in [6.07, 6.45) is 10.1. The molecule has 0 radical (unpaired) electrons. The van der Waals surface area contributed by atoms with Gasteiger partial charge in [0.05, 0.1) is 12.4 Å². The van der Waals surface area contributed by atoms with Crippen LogP contribution in [0.2, 0.25) is 0 Å². The molecule has 1 aliphatic carbocycles. The lowest BCUT2D eigenvalue weighted by atomic mass is 9.73. The minimum atomic E-state index is -0.0679. The van der Waals surface area contributed by atoms with Crippen molar-refractivity contribution in [2.75, 3.05) is 4.90 Å². The standard InChI is InChI=1S/C53H43N3/c1-3-53(4-2)51-34-39(24-29-48(51)49-31-28-46(36-52(49)53)56(44-16-10-6-11-17-44)45-18-12-7-13-19-45)21-20-38-22-25-41(26-23-38)50-35-42(40-14-8-5-9-15-40)27-30-47(50)43-32-33-54-55-37-43/h5-37H,3-4H2,1-2H3/b21-20+. The van der Waals surface area contributed by atoms with Gasteiger partial charge in [-0.2, -0.15) is 10.2 Å². The van der Waals surface area contributed by atoms with Crippen molar-refractivity contribution in [1.29, 1.82) is 0 Å². The Kier molecular flexibility index (Phi) is 9.42. The molecule has 0 atom stereocenters. The second kappa shape index (κ2) is 15.1. The number of anilines is 3. The summed E-state index contributed by atoms with van der Waals surface area (Å²) in [5, 5.41) is 8.18. The first kappa shape index (κ1) is 34.9. The molecule has 0 bridgehead atoms. The van der Waals surface area contributed by atoms with Crippen molar-refractivity contribution in [3.05, 3.63) is 211 Å². The average molecular weight is 722 g/mol. The van der Waals surface area contributed by atoms with Gasteiger partial charge in [0.25, 0.3) is 0 Å². The summed E-state index contributed by atoms with van der Waals surface area (Å²) in [6.45, 7) is 4.69. The number of hydrogen-bond acceptors (Lipinski definition) is 3. The summed E-state index contributed by atoms with van der Waals surface area (Å²) >= 11 is 0. The van der Waals surface area contributed by atoms with E-state index < -0.39 is 0 Å². The Morgan fingerprint density at radius 3 is 1.64 bits per heavy atom. The Morgan fingerprint density at radius 2 is 1.00 bits per heavy atom. The molecule has 0 unspecified atom stereocenters. The molecule has 0 amide bonds. The van der Waals surface area contributed by atoms with Crippen LogP contribution in [0.4, 0.5) is 17.1 Å². The molecule has 0 saturated heterocycles. The van der Waals surface area contributed by atoms with Crippen LogP contribution in [0.3, 0.4) is 0 Å². The fourth-order valence-electron chi connectivity index (χ4n) is 8.62. The Hall–Kier alpha value is -6.84. The first-order valence-electron chi connectivity index (χ1n) is 19.6. The maximum absolute atomic E-state index is 4.17. The zero-order valence-corrected chi connectivity index (χ0v) is 31.8. The molecule has 56 heavy (non-hydrogen) atoms. The molecule has 270 valence electrons. The molecular formula is C53H43N3. The molecule has 9 rings (SSSR count). The van der Waals surface area contributed by atoms with Gasteiger partial charge >= 0.3 is 0 Å². The van der Waals surface area contributed by atoms with Gasteiger partial charge in [-0.3, -0.25) is 0 Å². The molecule has 0 spiro atoms. The van der Waals surface area contributed by atoms with Crippen LogP contribution in [0.5, 0.6) is 0 Å². The van der Waals surface area contributed by atoms with Crippen LogP contribution in [0.15, 0.2) is 188 Å². The van der Waals surface area contributed by atoms with E-state index in [-0.39, 0.29) is 5.41 Å². The largest absolute Gasteiger partial charge is 0.310 e. The summed E-state index contributed by atoms with van der Waals surface area (Å²) in [4.78, 5) is 2.37. The summed E-state index contributed by atoms with van der Waals surface area (Å²) in [7, 11) is 0. The van der Waals surface area contributed by atoms with Gasteiger partial charge in [-0.15, -0.1) is 0 Å². The smallest absolute Gasteiger partial charge is 0.0574 e. The number of nitrogens with zero attached hydrogens (tertiary/aromatic N) is 3. The fourth-order valence-corrected chi connectivity index (χ4v) is 8.62. The Morgan fingerprint density at radius 1 is 0.429 bits per heavy atom. The normalized spacial score (nSPS) is 12.7. The molecule has 1 aromatic heterocycles. The highest BCUT2D eigenvalue weighted by atomic mass is 15.1. The first-order chi connectivity index (χ1) is 27.6. The average Bonchev–Trinajstić information content (AvgIpc) is 3.55. The molecule has 0 aliphatic heterocycles. The van der Waals surface area contributed by atoms with E-state index in [1.807, 2.05) is 12.3 Å². The Labute approximate surface area is 330 Å². The number of aromatic nitrogens is 2. The Balaban J connectivity index is 1.03. The quantitative estimate of drug-likeness (QED) is 0.132. The number of rotatable bonds is 10. The van der Waals surface area contributed by atoms with E-state index in [9.17, 15) is 0 Å². The highest BCUT2D eigenvalue weighted by Gasteiger charge is 2.41. The lowest BCUT2D eigenvalue weighted by Crippen LogP contribution is -2.23. The number of hydrogen-bond donors (Lipinski definition) is 0. The number of fused-ring (bicyclic) bond motifs is 3. The van der Waals surface area contributed by atoms with E-state index in [0.29, 0.717) is 0 Å². The van der Waals surface area contributed by atoms with Gasteiger partial charge in [0.2, 0.25) is 0 Å². The monoisotopic (exact) mass is 721 g/mol. The highest BCUT2D eigenvalue weighted by molar-refractivity contribution is 5.89. The number of para-hydroxylation sites is 2. The van der Waals surface area contributed by atoms with E-state index in [0.717, 1.165) is 46.5 Å². The Bertz CT molecular complexity index is 2590. The zero-order valence-electron chi connectivity index (χ0n) is 31.8. The second-order valence-electron chi connectivity index (χ2n) is 14.5. The molecule has 0 fully saturated rings. The molecular weight excluding hydrogens is 679 g/mol. The third kappa shape index (κ3) is 6.41. The van der Waals surface area contributed by atoms with E-state index >= 15 is 0 Å². The van der Waals surface area contributed by atoms with Gasteiger partial charge in [-0.25, -0.2) is 0 Å². The van der Waals surface area contributed by atoms with Crippen LogP contribution in [0.25, 0.3) is 56.7 Å². The van der Waals surface area contributed by atoms with Gasteiger partial charge < -0.3 is 4.90 Å². The first-order valence-corrected chi connectivity index (χ1v) is 19.6. The van der Waals surface area contributed by atoms with E-state index in [1.165, 1.54) is 50.2 Å². The van der Waals surface area contributed by atoms with Gasteiger partial charge in [0, 0.05) is 28.0 Å². The molecule has 1 heterocycles. The summed E-state index contributed by atoms with van der Waals surface area (Å²) in [5.41, 5.74) is 18.2. The molecule has 3 nitrogen and oxygen atoms in total. The van der Waals surface area contributed by atoms with Crippen molar-refractivity contribution in [3.8, 4) is 44.5 Å². The van der Waals surface area contributed by atoms with Gasteiger partial charge in [-0.05, 0) is 123 Å². The van der Waals surface area contributed by atoms with Crippen LogP contribution < -0.4 is 4.90 Å². The molecule has 3 heteroatoms. The maximum atomic E-state index is 4.17. The van der Waals surface area contributed by atoms with Gasteiger partial charge in [0.1, 0.15) is 0 Å². The topological polar surface area (TPSA) is 29.0 Å². The van der Waals surface area contributed by atoms with E-state index in [1.54, 1.807) is 6.20 Å². The van der Waals surface area contributed by atoms with Gasteiger partial charge in [0.15, 0.2) is 0 Å². The fraction of sp³-hybridized carbons (Fsp3) is 0.0943. The summed E-state index contributed by atoms with van der Waals surface area (Å²) < 4.78 is 0. The van der Waals surface area contributed by atoms with Crippen LogP contribution in [-0.2, 0) is 5.41 Å². The van der Waals surface area contributed by atoms with E-state index in [4.69, 9.17) is 0 Å². The molecule has 7 aromatic carbocycles. The van der Waals surface area contributed by atoms with Crippen molar-refractivity contribution in [2.24, 2.45) is 0 Å². The molecule has 0 N–H and O–H groups in total. The van der Waals surface area contributed by atoms with Gasteiger partial charge in [-0.1, -0.05) is 153 Å². The molecule has 1 aliphatic rings. The van der Waals surface area contributed by atoms with Crippen LogP contribution in [0, 0.1) is 0 Å². The van der Waals surface area contributed by atoms with Crippen molar-refractivity contribution in [2.45, 2.75) is 32.1 Å². The summed E-state index contributed by atoms with van der Waals surface area (Å²) in [6, 6.07) is 63.6. The maximum Gasteiger partial charge on any atom is 0.0574 e. The minimum Gasteiger partial charge on any atom is -0.310 e. The van der Waals surface area contributed by atoms with Crippen LogP contribution in [0.1, 0.15) is 48.9 Å². The predicted molar refractivity (Wildman–Crippen MR) is 235 cm³/mol. The lowest BCUT2D eigenvalue weighted by molar-refractivity contribution is 0.490. The van der Waals surface area contributed by atoms with E-state index in [2.05, 4.69) is 211 Å². The third-order valence-corrected chi connectivity index (χ3v) is 11.6. The predicted octanol–water partition coefficient (Wildman–Crippen LogP) is 14.2. The van der Waals surface area contributed by atoms with Crippen LogP contribution >= 0.6 is 0 Å². The van der Waals surface area contributed by atoms with Crippen molar-refractivity contribution in [3.63, 3.8) is 0 Å². The van der Waals surface area contributed by atoms with Crippen molar-refractivity contribution in [1.82, 2.24) is 10.2 Å². The highest BCUT2D eigenvalue weighted by Crippen LogP contribution is 2.54. The number of benzene rings is 7. The van der Waals surface area contributed by atoms with Crippen molar-refractivity contribution >= 4 is 29.2 Å². The summed E-state index contributed by atoms with van der Waals surface area (Å²) in [5.74, 6) is 0. The van der Waals surface area contributed by atoms with Crippen LogP contribution in [-0.4, -0.2) is 10.2 Å². The zero-order chi connectivity index (χ0) is 37.9. The third-order valence-electron chi connectivity index (χ3n) is 11.6. The molecule has 0 saturated carbocycles. The molecule has 8 aromatic rings. The minimum absolute atomic E-state index is 0.0679. The second-order valence-corrected chi connectivity index (χ2v) is 14.5.